The van der Waals surface area contributed by atoms with Crippen LogP contribution >= 0.6 is 0 Å². The van der Waals surface area contributed by atoms with E-state index in [1.54, 1.807) is 0 Å². The van der Waals surface area contributed by atoms with Gasteiger partial charge in [0.25, 0.3) is 0 Å². The summed E-state index contributed by atoms with van der Waals surface area (Å²) in [7, 11) is 0. The molecule has 0 saturated heterocycles. The lowest BCUT2D eigenvalue weighted by Gasteiger charge is -2.26. The molecule has 0 amide bonds. The van der Waals surface area contributed by atoms with Crippen LogP contribution in [0.1, 0.15) is 73.6 Å². The van der Waals surface area contributed by atoms with Crippen molar-refractivity contribution in [1.82, 2.24) is 0 Å². The minimum Gasteiger partial charge on any atom is -0.328 e. The van der Waals surface area contributed by atoms with E-state index in [1.807, 2.05) is 0 Å². The van der Waals surface area contributed by atoms with Crippen molar-refractivity contribution in [2.45, 2.75) is 79.7 Å². The smallest absolute Gasteiger partial charge is 0.00439 e. The second-order valence-corrected chi connectivity index (χ2v) is 7.00. The van der Waals surface area contributed by atoms with Gasteiger partial charge in [-0.15, -0.1) is 0 Å². The normalized spacial score (nSPS) is 18.2. The summed E-state index contributed by atoms with van der Waals surface area (Å²) in [6.07, 6.45) is 6.27. The van der Waals surface area contributed by atoms with Gasteiger partial charge in [0.05, 0.1) is 0 Å². The summed E-state index contributed by atoms with van der Waals surface area (Å²) < 4.78 is 0. The molecule has 98 valence electrons. The summed E-state index contributed by atoms with van der Waals surface area (Å²) >= 11 is 0. The summed E-state index contributed by atoms with van der Waals surface area (Å²) in [6.45, 7) is 13.9. The van der Waals surface area contributed by atoms with Crippen LogP contribution in [0.25, 0.3) is 0 Å². The zero-order valence-corrected chi connectivity index (χ0v) is 12.3. The van der Waals surface area contributed by atoms with Gasteiger partial charge in [0.1, 0.15) is 0 Å². The van der Waals surface area contributed by atoms with Crippen LogP contribution in [0.5, 0.6) is 0 Å². The van der Waals surface area contributed by atoms with Gasteiger partial charge in [-0.2, -0.15) is 0 Å². The van der Waals surface area contributed by atoms with E-state index in [1.165, 1.54) is 32.1 Å². The number of nitrogens with two attached hydrogens (primary N) is 1. The molecule has 0 aromatic carbocycles. The third-order valence-electron chi connectivity index (χ3n) is 3.15. The molecular formula is C15H33N. The minimum absolute atomic E-state index is 0.402. The van der Waals surface area contributed by atoms with Crippen LogP contribution < -0.4 is 5.73 Å². The Morgan fingerprint density at radius 2 is 1.50 bits per heavy atom. The highest BCUT2D eigenvalue weighted by molar-refractivity contribution is 4.73. The number of rotatable bonds is 7. The largest absolute Gasteiger partial charge is 0.328 e. The van der Waals surface area contributed by atoms with Gasteiger partial charge in [-0.1, -0.05) is 54.4 Å². The SMILES string of the molecule is CCCC(C)CC(N)CC(C)CC(C)(C)C. The molecule has 16 heavy (non-hydrogen) atoms. The first-order chi connectivity index (χ1) is 7.24. The molecule has 1 nitrogen and oxygen atoms in total. The van der Waals surface area contributed by atoms with Crippen LogP contribution in [-0.2, 0) is 0 Å². The molecule has 3 unspecified atom stereocenters. The lowest BCUT2D eigenvalue weighted by Crippen LogP contribution is -2.26. The van der Waals surface area contributed by atoms with Crippen molar-refractivity contribution in [2.75, 3.05) is 0 Å². The highest BCUT2D eigenvalue weighted by atomic mass is 14.6. The van der Waals surface area contributed by atoms with Gasteiger partial charge in [-0.3, -0.25) is 0 Å². The van der Waals surface area contributed by atoms with Crippen LogP contribution in [0.2, 0.25) is 0 Å². The van der Waals surface area contributed by atoms with Gasteiger partial charge < -0.3 is 5.73 Å². The van der Waals surface area contributed by atoms with Gasteiger partial charge in [-0.05, 0) is 36.5 Å². The zero-order chi connectivity index (χ0) is 12.8. The molecular weight excluding hydrogens is 194 g/mol. The Kier molecular flexibility index (Phi) is 7.30. The molecule has 0 spiro atoms. The first-order valence-corrected chi connectivity index (χ1v) is 7.00. The van der Waals surface area contributed by atoms with Gasteiger partial charge >= 0.3 is 0 Å². The average molecular weight is 227 g/mol. The fourth-order valence-corrected chi connectivity index (χ4v) is 2.87. The summed E-state index contributed by atoms with van der Waals surface area (Å²) in [5.41, 5.74) is 6.66. The van der Waals surface area contributed by atoms with E-state index in [-0.39, 0.29) is 0 Å². The molecule has 1 heteroatoms. The van der Waals surface area contributed by atoms with Gasteiger partial charge in [0, 0.05) is 6.04 Å². The quantitative estimate of drug-likeness (QED) is 0.675. The van der Waals surface area contributed by atoms with E-state index in [0.717, 1.165) is 11.8 Å². The van der Waals surface area contributed by atoms with E-state index in [2.05, 4.69) is 41.5 Å². The molecule has 3 atom stereocenters. The van der Waals surface area contributed by atoms with Crippen molar-refractivity contribution in [2.24, 2.45) is 23.0 Å². The molecule has 0 bridgehead atoms. The van der Waals surface area contributed by atoms with E-state index >= 15 is 0 Å². The molecule has 0 aromatic heterocycles. The first kappa shape index (κ1) is 16.0. The zero-order valence-electron chi connectivity index (χ0n) is 12.3. The Morgan fingerprint density at radius 3 is 1.94 bits per heavy atom. The van der Waals surface area contributed by atoms with Crippen molar-refractivity contribution < 1.29 is 0 Å². The standard InChI is InChI=1S/C15H33N/c1-7-8-12(2)9-14(16)10-13(3)11-15(4,5)6/h12-14H,7-11,16H2,1-6H3. The molecule has 0 saturated carbocycles. The molecule has 0 fully saturated rings. The molecule has 0 rings (SSSR count). The summed E-state index contributed by atoms with van der Waals surface area (Å²) in [6, 6.07) is 0.402. The first-order valence-electron chi connectivity index (χ1n) is 7.00. The van der Waals surface area contributed by atoms with E-state index in [0.29, 0.717) is 11.5 Å². The number of hydrogen-bond donors (Lipinski definition) is 1. The maximum Gasteiger partial charge on any atom is 0.00439 e. The molecule has 0 aromatic rings. The highest BCUT2D eigenvalue weighted by Crippen LogP contribution is 2.27. The molecule has 0 heterocycles. The monoisotopic (exact) mass is 227 g/mol. The van der Waals surface area contributed by atoms with Crippen LogP contribution in [-0.4, -0.2) is 6.04 Å². The van der Waals surface area contributed by atoms with E-state index < -0.39 is 0 Å². The van der Waals surface area contributed by atoms with Crippen LogP contribution in [0.4, 0.5) is 0 Å². The van der Waals surface area contributed by atoms with E-state index in [4.69, 9.17) is 5.73 Å². The Morgan fingerprint density at radius 1 is 1.00 bits per heavy atom. The minimum atomic E-state index is 0.402. The summed E-state index contributed by atoms with van der Waals surface area (Å²) in [5.74, 6) is 1.55. The lowest BCUT2D eigenvalue weighted by atomic mass is 9.82. The molecule has 0 aliphatic carbocycles. The van der Waals surface area contributed by atoms with Crippen molar-refractivity contribution >= 4 is 0 Å². The van der Waals surface area contributed by atoms with Crippen LogP contribution in [0.3, 0.4) is 0 Å². The summed E-state index contributed by atoms with van der Waals surface area (Å²) in [4.78, 5) is 0. The third kappa shape index (κ3) is 9.21. The Balaban J connectivity index is 3.82. The van der Waals surface area contributed by atoms with Gasteiger partial charge in [0.2, 0.25) is 0 Å². The maximum atomic E-state index is 6.22. The Labute approximate surface area is 103 Å². The number of hydrogen-bond acceptors (Lipinski definition) is 1. The fourth-order valence-electron chi connectivity index (χ4n) is 2.87. The predicted molar refractivity (Wildman–Crippen MR) is 74.5 cm³/mol. The maximum absolute atomic E-state index is 6.22. The average Bonchev–Trinajstić information content (AvgIpc) is 1.98. The predicted octanol–water partition coefficient (Wildman–Crippen LogP) is 4.60. The van der Waals surface area contributed by atoms with Crippen molar-refractivity contribution in [3.8, 4) is 0 Å². The van der Waals surface area contributed by atoms with Crippen LogP contribution in [0, 0.1) is 17.3 Å². The van der Waals surface area contributed by atoms with Gasteiger partial charge in [-0.25, -0.2) is 0 Å². The third-order valence-corrected chi connectivity index (χ3v) is 3.15. The van der Waals surface area contributed by atoms with Crippen LogP contribution in [0.15, 0.2) is 0 Å². The molecule has 0 aliphatic heterocycles. The van der Waals surface area contributed by atoms with Crippen molar-refractivity contribution in [3.63, 3.8) is 0 Å². The highest BCUT2D eigenvalue weighted by Gasteiger charge is 2.18. The topological polar surface area (TPSA) is 26.0 Å². The van der Waals surface area contributed by atoms with Crippen molar-refractivity contribution in [3.05, 3.63) is 0 Å². The second-order valence-electron chi connectivity index (χ2n) is 7.00. The Bertz CT molecular complexity index is 169. The second kappa shape index (κ2) is 7.32. The lowest BCUT2D eigenvalue weighted by molar-refractivity contribution is 0.275. The Hall–Kier alpha value is -0.0400. The van der Waals surface area contributed by atoms with Crippen molar-refractivity contribution in [1.29, 1.82) is 0 Å². The molecule has 0 aliphatic rings. The van der Waals surface area contributed by atoms with E-state index in [9.17, 15) is 0 Å². The molecule has 0 radical (unpaired) electrons. The molecule has 2 N–H and O–H groups in total. The van der Waals surface area contributed by atoms with Gasteiger partial charge in [0.15, 0.2) is 0 Å². The fraction of sp³-hybridized carbons (Fsp3) is 1.00. The summed E-state index contributed by atoms with van der Waals surface area (Å²) in [5, 5.41) is 0.